The maximum absolute atomic E-state index is 13.0. The highest BCUT2D eigenvalue weighted by Crippen LogP contribution is 2.26. The molecule has 0 aliphatic heterocycles. The molecule has 0 atom stereocenters. The Balaban J connectivity index is 2.37. The predicted octanol–water partition coefficient (Wildman–Crippen LogP) is 2.36. The van der Waals surface area contributed by atoms with E-state index in [1.165, 1.54) is 18.2 Å². The van der Waals surface area contributed by atoms with Gasteiger partial charge < -0.3 is 14.3 Å². The molecule has 94 valence electrons. The molecular formula is C12H10FNO4. The van der Waals surface area contributed by atoms with Crippen LogP contribution in [0.4, 0.5) is 4.39 Å². The second kappa shape index (κ2) is 4.87. The van der Waals surface area contributed by atoms with Gasteiger partial charge in [0.1, 0.15) is 5.82 Å². The molecular weight excluding hydrogens is 241 g/mol. The maximum atomic E-state index is 13.0. The quantitative estimate of drug-likeness (QED) is 0.848. The fourth-order valence-electron chi connectivity index (χ4n) is 1.39. The topological polar surface area (TPSA) is 72.6 Å². The number of rotatable bonds is 3. The van der Waals surface area contributed by atoms with Crippen molar-refractivity contribution in [3.05, 3.63) is 35.8 Å². The summed E-state index contributed by atoms with van der Waals surface area (Å²) in [7, 11) is 0. The summed E-state index contributed by atoms with van der Waals surface area (Å²) in [5, 5.41) is 9.46. The number of esters is 1. The van der Waals surface area contributed by atoms with Gasteiger partial charge in [-0.3, -0.25) is 0 Å². The van der Waals surface area contributed by atoms with Crippen LogP contribution in [0.3, 0.4) is 0 Å². The van der Waals surface area contributed by atoms with Crippen LogP contribution in [-0.2, 0) is 4.74 Å². The summed E-state index contributed by atoms with van der Waals surface area (Å²) in [5.74, 6) is -2.30. The molecule has 18 heavy (non-hydrogen) atoms. The molecule has 2 aromatic rings. The fourth-order valence-corrected chi connectivity index (χ4v) is 1.39. The summed E-state index contributed by atoms with van der Waals surface area (Å²) < 4.78 is 22.8. The molecule has 1 aromatic carbocycles. The molecule has 1 heterocycles. The minimum Gasteiger partial charge on any atom is -0.490 e. The Bertz CT molecular complexity index is 579. The van der Waals surface area contributed by atoms with Crippen LogP contribution in [-0.4, -0.2) is 22.7 Å². The average Bonchev–Trinajstić information content (AvgIpc) is 2.72. The number of aromatic hydroxyl groups is 1. The standard InChI is InChI=1S/C12H10FNO4/c1-2-17-12(16)9-10(15)14-11(18-9)7-4-3-5-8(13)6-7/h3-6,15H,2H2,1H3. The zero-order valence-corrected chi connectivity index (χ0v) is 9.51. The Morgan fingerprint density at radius 3 is 3.00 bits per heavy atom. The lowest BCUT2D eigenvalue weighted by Crippen LogP contribution is -2.03. The highest BCUT2D eigenvalue weighted by molar-refractivity contribution is 5.89. The first-order valence-corrected chi connectivity index (χ1v) is 5.24. The Morgan fingerprint density at radius 1 is 1.56 bits per heavy atom. The molecule has 1 aromatic heterocycles. The number of hydrogen-bond acceptors (Lipinski definition) is 5. The summed E-state index contributed by atoms with van der Waals surface area (Å²) in [6, 6.07) is 5.46. The van der Waals surface area contributed by atoms with Gasteiger partial charge in [-0.1, -0.05) is 6.07 Å². The number of oxazole rings is 1. The Labute approximate surface area is 102 Å². The van der Waals surface area contributed by atoms with Crippen molar-refractivity contribution in [3.63, 3.8) is 0 Å². The van der Waals surface area contributed by atoms with Crippen molar-refractivity contribution in [2.45, 2.75) is 6.92 Å². The third-order valence-electron chi connectivity index (χ3n) is 2.14. The molecule has 0 saturated heterocycles. The van der Waals surface area contributed by atoms with Crippen molar-refractivity contribution in [1.29, 1.82) is 0 Å². The summed E-state index contributed by atoms with van der Waals surface area (Å²) in [6.45, 7) is 1.77. The van der Waals surface area contributed by atoms with Gasteiger partial charge in [-0.2, -0.15) is 4.98 Å². The van der Waals surface area contributed by atoms with E-state index in [2.05, 4.69) is 9.72 Å². The highest BCUT2D eigenvalue weighted by atomic mass is 19.1. The van der Waals surface area contributed by atoms with Gasteiger partial charge >= 0.3 is 5.97 Å². The van der Waals surface area contributed by atoms with E-state index in [4.69, 9.17) is 4.42 Å². The highest BCUT2D eigenvalue weighted by Gasteiger charge is 2.21. The molecule has 6 heteroatoms. The molecule has 0 amide bonds. The van der Waals surface area contributed by atoms with Gasteiger partial charge in [-0.25, -0.2) is 9.18 Å². The monoisotopic (exact) mass is 251 g/mol. The molecule has 0 aliphatic carbocycles. The van der Waals surface area contributed by atoms with Crippen LogP contribution < -0.4 is 0 Å². The van der Waals surface area contributed by atoms with E-state index in [0.717, 1.165) is 0 Å². The molecule has 0 bridgehead atoms. The summed E-state index contributed by atoms with van der Waals surface area (Å²) in [6.07, 6.45) is 0. The number of carbonyl (C=O) groups excluding carboxylic acids is 1. The van der Waals surface area contributed by atoms with Gasteiger partial charge in [0, 0.05) is 5.56 Å². The molecule has 1 N–H and O–H groups in total. The van der Waals surface area contributed by atoms with Gasteiger partial charge in [-0.15, -0.1) is 0 Å². The van der Waals surface area contributed by atoms with Crippen LogP contribution in [0.1, 0.15) is 17.5 Å². The Morgan fingerprint density at radius 2 is 2.33 bits per heavy atom. The Kier molecular flexibility index (Phi) is 3.27. The largest absolute Gasteiger partial charge is 0.490 e. The van der Waals surface area contributed by atoms with Gasteiger partial charge in [0.05, 0.1) is 6.61 Å². The lowest BCUT2D eigenvalue weighted by atomic mass is 10.2. The third-order valence-corrected chi connectivity index (χ3v) is 2.14. The van der Waals surface area contributed by atoms with E-state index >= 15 is 0 Å². The Hall–Kier alpha value is -2.37. The average molecular weight is 251 g/mol. The number of nitrogens with zero attached hydrogens (tertiary/aromatic N) is 1. The summed E-state index contributed by atoms with van der Waals surface area (Å²) in [5.41, 5.74) is 0.320. The number of halogens is 1. The third kappa shape index (κ3) is 2.32. The van der Waals surface area contributed by atoms with Crippen LogP contribution in [0.5, 0.6) is 5.88 Å². The minimum atomic E-state index is -0.815. The lowest BCUT2D eigenvalue weighted by molar-refractivity contribution is 0.0486. The molecule has 0 unspecified atom stereocenters. The number of benzene rings is 1. The maximum Gasteiger partial charge on any atom is 0.380 e. The first-order chi connectivity index (χ1) is 8.61. The number of carbonyl (C=O) groups is 1. The molecule has 5 nitrogen and oxygen atoms in total. The van der Waals surface area contributed by atoms with E-state index in [1.807, 2.05) is 0 Å². The van der Waals surface area contributed by atoms with Crippen LogP contribution in [0, 0.1) is 5.82 Å². The van der Waals surface area contributed by atoms with Crippen LogP contribution in [0.25, 0.3) is 11.5 Å². The number of aromatic nitrogens is 1. The summed E-state index contributed by atoms with van der Waals surface area (Å²) >= 11 is 0. The van der Waals surface area contributed by atoms with Crippen LogP contribution in [0.2, 0.25) is 0 Å². The van der Waals surface area contributed by atoms with Crippen molar-refractivity contribution >= 4 is 5.97 Å². The van der Waals surface area contributed by atoms with Crippen molar-refractivity contribution < 1.29 is 23.4 Å². The molecule has 0 aliphatic rings. The van der Waals surface area contributed by atoms with Crippen LogP contribution >= 0.6 is 0 Å². The first-order valence-electron chi connectivity index (χ1n) is 5.24. The van der Waals surface area contributed by atoms with Crippen LogP contribution in [0.15, 0.2) is 28.7 Å². The van der Waals surface area contributed by atoms with E-state index in [1.54, 1.807) is 13.0 Å². The van der Waals surface area contributed by atoms with E-state index in [9.17, 15) is 14.3 Å². The van der Waals surface area contributed by atoms with Gasteiger partial charge in [0.25, 0.3) is 11.6 Å². The zero-order valence-electron chi connectivity index (χ0n) is 9.51. The van der Waals surface area contributed by atoms with Crippen molar-refractivity contribution in [3.8, 4) is 17.3 Å². The molecule has 0 radical (unpaired) electrons. The molecule has 0 fully saturated rings. The lowest BCUT2D eigenvalue weighted by Gasteiger charge is -1.97. The number of hydrogen-bond donors (Lipinski definition) is 1. The molecule has 0 saturated carbocycles. The normalized spacial score (nSPS) is 10.3. The second-order valence-corrected chi connectivity index (χ2v) is 3.40. The molecule has 0 spiro atoms. The first kappa shape index (κ1) is 12.1. The second-order valence-electron chi connectivity index (χ2n) is 3.40. The zero-order chi connectivity index (χ0) is 13.1. The smallest absolute Gasteiger partial charge is 0.380 e. The van der Waals surface area contributed by atoms with E-state index in [-0.39, 0.29) is 12.5 Å². The van der Waals surface area contributed by atoms with E-state index in [0.29, 0.717) is 5.56 Å². The van der Waals surface area contributed by atoms with Gasteiger partial charge in [0.15, 0.2) is 0 Å². The molecule has 2 rings (SSSR count). The summed E-state index contributed by atoms with van der Waals surface area (Å²) in [4.78, 5) is 15.0. The predicted molar refractivity (Wildman–Crippen MR) is 59.5 cm³/mol. The van der Waals surface area contributed by atoms with Crippen molar-refractivity contribution in [1.82, 2.24) is 4.98 Å². The van der Waals surface area contributed by atoms with Gasteiger partial charge in [0.2, 0.25) is 5.89 Å². The fraction of sp³-hybridized carbons (Fsp3) is 0.167. The minimum absolute atomic E-state index is 0.0462. The van der Waals surface area contributed by atoms with E-state index < -0.39 is 23.4 Å². The SMILES string of the molecule is CCOC(=O)c1oc(-c2cccc(F)c2)nc1O. The van der Waals surface area contributed by atoms with Gasteiger partial charge in [-0.05, 0) is 25.1 Å². The van der Waals surface area contributed by atoms with Crippen molar-refractivity contribution in [2.24, 2.45) is 0 Å². The number of ether oxygens (including phenoxy) is 1. The van der Waals surface area contributed by atoms with Crippen molar-refractivity contribution in [2.75, 3.05) is 6.61 Å².